The second kappa shape index (κ2) is 5.92. The molecule has 0 spiro atoms. The highest BCUT2D eigenvalue weighted by Crippen LogP contribution is 2.47. The SMILES string of the molecule is CCn1c2c(c(=O)[nH]c1=O)[C@H](c1ccccc1)C1=C(N2)c2ccccc2C1=O. The first kappa shape index (κ1) is 16.5. The number of H-pyrrole nitrogens is 1. The molecule has 6 nitrogen and oxygen atoms in total. The summed E-state index contributed by atoms with van der Waals surface area (Å²) in [5.74, 6) is -0.186. The van der Waals surface area contributed by atoms with E-state index < -0.39 is 17.2 Å². The minimum Gasteiger partial charge on any atom is -0.340 e. The van der Waals surface area contributed by atoms with Crippen LogP contribution < -0.4 is 16.6 Å². The first-order valence-corrected chi connectivity index (χ1v) is 9.19. The molecular formula is C22H17N3O3. The summed E-state index contributed by atoms with van der Waals surface area (Å²) < 4.78 is 1.50. The van der Waals surface area contributed by atoms with Crippen molar-refractivity contribution in [2.75, 3.05) is 5.32 Å². The van der Waals surface area contributed by atoms with E-state index in [2.05, 4.69) is 10.3 Å². The predicted molar refractivity (Wildman–Crippen MR) is 107 cm³/mol. The molecule has 2 aliphatic rings. The minimum absolute atomic E-state index is 0.0914. The molecule has 1 aliphatic carbocycles. The summed E-state index contributed by atoms with van der Waals surface area (Å²) in [6.45, 7) is 2.24. The van der Waals surface area contributed by atoms with Crippen LogP contribution in [0.15, 0.2) is 69.8 Å². The monoisotopic (exact) mass is 371 g/mol. The van der Waals surface area contributed by atoms with E-state index in [0.29, 0.717) is 34.8 Å². The molecule has 2 aromatic carbocycles. The van der Waals surface area contributed by atoms with Gasteiger partial charge in [-0.05, 0) is 12.5 Å². The number of fused-ring (bicyclic) bond motifs is 3. The molecule has 0 bridgehead atoms. The fourth-order valence-corrected chi connectivity index (χ4v) is 4.25. The third-order valence-electron chi connectivity index (χ3n) is 5.46. The largest absolute Gasteiger partial charge is 0.340 e. The van der Waals surface area contributed by atoms with Crippen molar-refractivity contribution in [1.29, 1.82) is 0 Å². The summed E-state index contributed by atoms with van der Waals surface area (Å²) in [7, 11) is 0. The number of nitrogens with zero attached hydrogens (tertiary/aromatic N) is 1. The highest BCUT2D eigenvalue weighted by molar-refractivity contribution is 6.23. The van der Waals surface area contributed by atoms with Crippen molar-refractivity contribution in [3.8, 4) is 0 Å². The lowest BCUT2D eigenvalue weighted by molar-refractivity contribution is 0.103. The van der Waals surface area contributed by atoms with Gasteiger partial charge in [-0.1, -0.05) is 54.6 Å². The number of carbonyl (C=O) groups excluding carboxylic acids is 1. The Bertz CT molecular complexity index is 1280. The van der Waals surface area contributed by atoms with Gasteiger partial charge in [-0.15, -0.1) is 0 Å². The maximum atomic E-state index is 13.3. The molecule has 2 N–H and O–H groups in total. The summed E-state index contributed by atoms with van der Waals surface area (Å²) >= 11 is 0. The Kier molecular flexibility index (Phi) is 3.49. The predicted octanol–water partition coefficient (Wildman–Crippen LogP) is 2.72. The topological polar surface area (TPSA) is 84.0 Å². The quantitative estimate of drug-likeness (QED) is 0.726. The number of nitrogens with one attached hydrogen (secondary N) is 2. The van der Waals surface area contributed by atoms with Gasteiger partial charge in [0, 0.05) is 29.2 Å². The standard InChI is InChI=1S/C22H17N3O3/c1-2-25-20-17(21(27)24-22(25)28)15(12-8-4-3-5-9-12)16-18(23-20)13-10-6-7-11-14(13)19(16)26/h3-11,15,23H,2H2,1H3,(H,24,27,28)/t15-/m1/s1. The molecule has 0 saturated heterocycles. The lowest BCUT2D eigenvalue weighted by Crippen LogP contribution is -2.38. The van der Waals surface area contributed by atoms with Gasteiger partial charge in [-0.2, -0.15) is 0 Å². The van der Waals surface area contributed by atoms with E-state index in [1.165, 1.54) is 4.57 Å². The molecule has 0 unspecified atom stereocenters. The minimum atomic E-state index is -0.547. The van der Waals surface area contributed by atoms with Crippen molar-refractivity contribution < 1.29 is 4.79 Å². The molecule has 2 heterocycles. The van der Waals surface area contributed by atoms with Crippen molar-refractivity contribution in [2.45, 2.75) is 19.4 Å². The summed E-state index contributed by atoms with van der Waals surface area (Å²) in [5, 5.41) is 3.25. The van der Waals surface area contributed by atoms with Gasteiger partial charge in [0.25, 0.3) is 5.56 Å². The van der Waals surface area contributed by atoms with E-state index in [4.69, 9.17) is 0 Å². The van der Waals surface area contributed by atoms with Crippen molar-refractivity contribution in [3.05, 3.63) is 103 Å². The van der Waals surface area contributed by atoms with Crippen LogP contribution in [0, 0.1) is 0 Å². The van der Waals surface area contributed by atoms with Gasteiger partial charge in [-0.3, -0.25) is 19.1 Å². The van der Waals surface area contributed by atoms with Gasteiger partial charge in [0.2, 0.25) is 0 Å². The molecule has 0 fully saturated rings. The highest BCUT2D eigenvalue weighted by atomic mass is 16.2. The number of hydrogen-bond acceptors (Lipinski definition) is 4. The molecule has 0 radical (unpaired) electrons. The molecule has 28 heavy (non-hydrogen) atoms. The number of ketones is 1. The Balaban J connectivity index is 1.88. The van der Waals surface area contributed by atoms with Gasteiger partial charge in [-0.25, -0.2) is 4.79 Å². The third-order valence-corrected chi connectivity index (χ3v) is 5.46. The van der Waals surface area contributed by atoms with Crippen LogP contribution in [0.2, 0.25) is 0 Å². The number of benzene rings is 2. The Hall–Kier alpha value is -3.67. The first-order chi connectivity index (χ1) is 13.6. The van der Waals surface area contributed by atoms with Crippen LogP contribution in [0.25, 0.3) is 5.70 Å². The van der Waals surface area contributed by atoms with Crippen LogP contribution in [-0.4, -0.2) is 15.3 Å². The zero-order valence-corrected chi connectivity index (χ0v) is 15.2. The molecule has 6 heteroatoms. The molecule has 3 aromatic rings. The average Bonchev–Trinajstić information content (AvgIpc) is 3.00. The number of allylic oxidation sites excluding steroid dienone is 1. The smallest absolute Gasteiger partial charge is 0.329 e. The second-order valence-corrected chi connectivity index (χ2v) is 6.90. The molecule has 1 aliphatic heterocycles. The van der Waals surface area contributed by atoms with Crippen LogP contribution in [0.4, 0.5) is 5.82 Å². The first-order valence-electron chi connectivity index (χ1n) is 9.19. The number of aromatic amines is 1. The zero-order valence-electron chi connectivity index (χ0n) is 15.2. The Morgan fingerprint density at radius 3 is 2.32 bits per heavy atom. The summed E-state index contributed by atoms with van der Waals surface area (Å²) in [6, 6.07) is 16.8. The van der Waals surface area contributed by atoms with E-state index in [1.54, 1.807) is 6.07 Å². The van der Waals surface area contributed by atoms with Gasteiger partial charge in [0.15, 0.2) is 5.78 Å². The van der Waals surface area contributed by atoms with Crippen LogP contribution in [0.3, 0.4) is 0 Å². The number of aromatic nitrogens is 2. The fraction of sp³-hybridized carbons (Fsp3) is 0.136. The number of carbonyl (C=O) groups is 1. The van der Waals surface area contributed by atoms with Crippen LogP contribution in [-0.2, 0) is 6.54 Å². The maximum Gasteiger partial charge on any atom is 0.329 e. The van der Waals surface area contributed by atoms with Crippen LogP contribution in [0.1, 0.15) is 39.9 Å². The Morgan fingerprint density at radius 2 is 1.61 bits per heavy atom. The lowest BCUT2D eigenvalue weighted by Gasteiger charge is -2.29. The normalized spacial score (nSPS) is 17.0. The Labute approximate surface area is 160 Å². The molecule has 0 saturated carbocycles. The van der Waals surface area contributed by atoms with E-state index in [-0.39, 0.29) is 5.78 Å². The van der Waals surface area contributed by atoms with Gasteiger partial charge in [0.1, 0.15) is 5.82 Å². The highest BCUT2D eigenvalue weighted by Gasteiger charge is 2.42. The van der Waals surface area contributed by atoms with Gasteiger partial charge < -0.3 is 5.32 Å². The van der Waals surface area contributed by atoms with E-state index in [1.807, 2.05) is 55.5 Å². The molecule has 1 atom stereocenters. The van der Waals surface area contributed by atoms with E-state index >= 15 is 0 Å². The fourth-order valence-electron chi connectivity index (χ4n) is 4.25. The zero-order chi connectivity index (χ0) is 19.4. The van der Waals surface area contributed by atoms with Crippen molar-refractivity contribution in [3.63, 3.8) is 0 Å². The van der Waals surface area contributed by atoms with Crippen molar-refractivity contribution >= 4 is 17.3 Å². The third kappa shape index (κ3) is 2.11. The molecule has 0 amide bonds. The number of rotatable bonds is 2. The van der Waals surface area contributed by atoms with Gasteiger partial charge in [0.05, 0.1) is 11.3 Å². The Morgan fingerprint density at radius 1 is 0.929 bits per heavy atom. The van der Waals surface area contributed by atoms with Crippen molar-refractivity contribution in [1.82, 2.24) is 9.55 Å². The summed E-state index contributed by atoms with van der Waals surface area (Å²) in [4.78, 5) is 40.9. The van der Waals surface area contributed by atoms with E-state index in [9.17, 15) is 14.4 Å². The van der Waals surface area contributed by atoms with Crippen molar-refractivity contribution in [2.24, 2.45) is 0 Å². The maximum absolute atomic E-state index is 13.3. The van der Waals surface area contributed by atoms with E-state index in [0.717, 1.165) is 11.1 Å². The summed E-state index contributed by atoms with van der Waals surface area (Å²) in [5.41, 5.74) is 2.92. The molecule has 1 aromatic heterocycles. The second-order valence-electron chi connectivity index (χ2n) is 6.90. The van der Waals surface area contributed by atoms with Gasteiger partial charge >= 0.3 is 5.69 Å². The average molecular weight is 371 g/mol. The summed E-state index contributed by atoms with van der Waals surface area (Å²) in [6.07, 6.45) is 0. The van der Waals surface area contributed by atoms with Crippen LogP contribution in [0.5, 0.6) is 0 Å². The molecule has 138 valence electrons. The number of Topliss-reactive ketones (excluding diaryl/α,β-unsaturated/α-hetero) is 1. The van der Waals surface area contributed by atoms with Crippen LogP contribution >= 0.6 is 0 Å². The number of hydrogen-bond donors (Lipinski definition) is 2. The lowest BCUT2D eigenvalue weighted by atomic mass is 9.81. The molecule has 5 rings (SSSR count). The number of anilines is 1. The molecular weight excluding hydrogens is 354 g/mol.